The van der Waals surface area contributed by atoms with Crippen LogP contribution in [0.15, 0.2) is 47.6 Å². The Kier molecular flexibility index (Phi) is 5.89. The molecule has 0 aliphatic heterocycles. The lowest BCUT2D eigenvalue weighted by Gasteiger charge is -2.14. The average Bonchev–Trinajstić information content (AvgIpc) is 2.53. The molecule has 2 aromatic carbocycles. The van der Waals surface area contributed by atoms with Gasteiger partial charge in [0, 0.05) is 10.6 Å². The number of nitrogens with zero attached hydrogens (tertiary/aromatic N) is 1. The first-order valence-electron chi connectivity index (χ1n) is 7.42. The van der Waals surface area contributed by atoms with E-state index in [0.717, 1.165) is 11.6 Å². The molecule has 0 aromatic heterocycles. The van der Waals surface area contributed by atoms with Gasteiger partial charge in [0.1, 0.15) is 6.61 Å². The molecular formula is C18H17ClF3NO. The van der Waals surface area contributed by atoms with Gasteiger partial charge in [-0.1, -0.05) is 53.5 Å². The fourth-order valence-corrected chi connectivity index (χ4v) is 2.34. The van der Waals surface area contributed by atoms with Crippen molar-refractivity contribution in [1.82, 2.24) is 0 Å². The van der Waals surface area contributed by atoms with Crippen LogP contribution in [0.25, 0.3) is 0 Å². The third-order valence-corrected chi connectivity index (χ3v) is 3.70. The second-order valence-corrected chi connectivity index (χ2v) is 5.77. The van der Waals surface area contributed by atoms with Gasteiger partial charge in [0.15, 0.2) is 0 Å². The van der Waals surface area contributed by atoms with E-state index in [2.05, 4.69) is 5.16 Å². The number of aryl methyl sites for hydroxylation is 1. The quantitative estimate of drug-likeness (QED) is 0.476. The summed E-state index contributed by atoms with van der Waals surface area (Å²) in [6.45, 7) is 3.52. The van der Waals surface area contributed by atoms with Gasteiger partial charge in [-0.3, -0.25) is 0 Å². The average molecular weight is 356 g/mol. The van der Waals surface area contributed by atoms with E-state index < -0.39 is 11.7 Å². The van der Waals surface area contributed by atoms with Crippen molar-refractivity contribution in [1.29, 1.82) is 0 Å². The van der Waals surface area contributed by atoms with E-state index in [0.29, 0.717) is 17.0 Å². The highest BCUT2D eigenvalue weighted by molar-refractivity contribution is 6.30. The van der Waals surface area contributed by atoms with E-state index in [4.69, 9.17) is 16.4 Å². The molecule has 0 saturated heterocycles. The van der Waals surface area contributed by atoms with Crippen molar-refractivity contribution in [3.05, 3.63) is 69.7 Å². The van der Waals surface area contributed by atoms with Crippen molar-refractivity contribution in [3.8, 4) is 0 Å². The standard InChI is InChI=1S/C18H17ClF3NO/c1-3-17(23-24-11-13-5-7-14(19)8-6-13)15-9-4-12(2)10-16(15)18(20,21)22/h4-10H,3,11H2,1-2H3/b23-17+. The van der Waals surface area contributed by atoms with Crippen molar-refractivity contribution >= 4 is 17.3 Å². The fourth-order valence-electron chi connectivity index (χ4n) is 2.21. The lowest BCUT2D eigenvalue weighted by atomic mass is 9.99. The zero-order chi connectivity index (χ0) is 17.7. The fraction of sp³-hybridized carbons (Fsp3) is 0.278. The third-order valence-electron chi connectivity index (χ3n) is 3.45. The van der Waals surface area contributed by atoms with Gasteiger partial charge in [0.05, 0.1) is 11.3 Å². The Morgan fingerprint density at radius 3 is 2.38 bits per heavy atom. The number of rotatable bonds is 5. The van der Waals surface area contributed by atoms with Gasteiger partial charge in [-0.15, -0.1) is 0 Å². The number of hydrogen-bond donors (Lipinski definition) is 0. The Bertz CT molecular complexity index is 724. The van der Waals surface area contributed by atoms with Gasteiger partial charge in [-0.25, -0.2) is 0 Å². The maximum Gasteiger partial charge on any atom is 0.417 e. The van der Waals surface area contributed by atoms with Crippen LogP contribution in [0.2, 0.25) is 5.02 Å². The number of alkyl halides is 3. The summed E-state index contributed by atoms with van der Waals surface area (Å²) in [4.78, 5) is 5.24. The molecule has 2 nitrogen and oxygen atoms in total. The first-order chi connectivity index (χ1) is 11.3. The van der Waals surface area contributed by atoms with Gasteiger partial charge in [0.2, 0.25) is 0 Å². The summed E-state index contributed by atoms with van der Waals surface area (Å²) in [5.41, 5.74) is 0.989. The Morgan fingerprint density at radius 2 is 1.79 bits per heavy atom. The largest absolute Gasteiger partial charge is 0.417 e. The second kappa shape index (κ2) is 7.71. The normalized spacial score (nSPS) is 12.3. The van der Waals surface area contributed by atoms with E-state index in [9.17, 15) is 13.2 Å². The summed E-state index contributed by atoms with van der Waals surface area (Å²) < 4.78 is 39.7. The predicted molar refractivity (Wildman–Crippen MR) is 89.3 cm³/mol. The van der Waals surface area contributed by atoms with Gasteiger partial charge in [-0.05, 0) is 37.1 Å². The van der Waals surface area contributed by atoms with Crippen molar-refractivity contribution < 1.29 is 18.0 Å². The molecule has 0 radical (unpaired) electrons. The highest BCUT2D eigenvalue weighted by Crippen LogP contribution is 2.33. The Balaban J connectivity index is 2.23. The molecule has 0 unspecified atom stereocenters. The van der Waals surface area contributed by atoms with Crippen LogP contribution >= 0.6 is 11.6 Å². The van der Waals surface area contributed by atoms with Crippen molar-refractivity contribution in [2.45, 2.75) is 33.1 Å². The number of halogens is 4. The molecule has 0 aliphatic carbocycles. The minimum Gasteiger partial charge on any atom is -0.391 e. The molecule has 0 aliphatic rings. The Labute approximate surface area is 143 Å². The highest BCUT2D eigenvalue weighted by Gasteiger charge is 2.34. The number of oxime groups is 1. The molecule has 0 fully saturated rings. The molecule has 2 rings (SSSR count). The van der Waals surface area contributed by atoms with Crippen molar-refractivity contribution in [3.63, 3.8) is 0 Å². The zero-order valence-corrected chi connectivity index (χ0v) is 14.1. The van der Waals surface area contributed by atoms with E-state index in [1.54, 1.807) is 44.2 Å². The van der Waals surface area contributed by atoms with Crippen LogP contribution in [0.1, 0.15) is 35.6 Å². The predicted octanol–water partition coefficient (Wildman–Crippen LogP) is 6.00. The molecule has 6 heteroatoms. The van der Waals surface area contributed by atoms with Crippen molar-refractivity contribution in [2.24, 2.45) is 5.16 Å². The van der Waals surface area contributed by atoms with Crippen LogP contribution in [0, 0.1) is 6.92 Å². The third kappa shape index (κ3) is 4.74. The molecule has 2 aromatic rings. The molecule has 128 valence electrons. The summed E-state index contributed by atoms with van der Waals surface area (Å²) in [6, 6.07) is 11.2. The minimum atomic E-state index is -4.44. The summed E-state index contributed by atoms with van der Waals surface area (Å²) in [5, 5.41) is 4.52. The Hall–Kier alpha value is -2.01. The highest BCUT2D eigenvalue weighted by atomic mass is 35.5. The zero-order valence-electron chi connectivity index (χ0n) is 13.3. The topological polar surface area (TPSA) is 21.6 Å². The summed E-state index contributed by atoms with van der Waals surface area (Å²) >= 11 is 5.80. The molecule has 0 saturated carbocycles. The summed E-state index contributed by atoms with van der Waals surface area (Å²) in [7, 11) is 0. The molecule has 0 amide bonds. The van der Waals surface area contributed by atoms with Crippen LogP contribution in [-0.4, -0.2) is 5.71 Å². The monoisotopic (exact) mass is 355 g/mol. The summed E-state index contributed by atoms with van der Waals surface area (Å²) in [5.74, 6) is 0. The molecule has 0 N–H and O–H groups in total. The smallest absolute Gasteiger partial charge is 0.391 e. The number of hydrogen-bond acceptors (Lipinski definition) is 2. The SMILES string of the molecule is CC/C(=N\OCc1ccc(Cl)cc1)c1ccc(C)cc1C(F)(F)F. The maximum absolute atomic E-state index is 13.2. The minimum absolute atomic E-state index is 0.0479. The van der Waals surface area contributed by atoms with Crippen LogP contribution in [0.4, 0.5) is 13.2 Å². The molecular weight excluding hydrogens is 339 g/mol. The van der Waals surface area contributed by atoms with Gasteiger partial charge in [0.25, 0.3) is 0 Å². The van der Waals surface area contributed by atoms with Crippen LogP contribution < -0.4 is 0 Å². The van der Waals surface area contributed by atoms with Crippen LogP contribution in [0.5, 0.6) is 0 Å². The van der Waals surface area contributed by atoms with Gasteiger partial charge < -0.3 is 4.84 Å². The van der Waals surface area contributed by atoms with E-state index in [-0.39, 0.29) is 17.9 Å². The molecule has 0 atom stereocenters. The lowest BCUT2D eigenvalue weighted by Crippen LogP contribution is -2.14. The van der Waals surface area contributed by atoms with Crippen LogP contribution in [-0.2, 0) is 17.6 Å². The molecule has 24 heavy (non-hydrogen) atoms. The molecule has 0 heterocycles. The Morgan fingerprint density at radius 1 is 1.12 bits per heavy atom. The second-order valence-electron chi connectivity index (χ2n) is 5.34. The maximum atomic E-state index is 13.2. The van der Waals surface area contributed by atoms with E-state index in [1.807, 2.05) is 0 Å². The molecule has 0 spiro atoms. The first-order valence-corrected chi connectivity index (χ1v) is 7.80. The lowest BCUT2D eigenvalue weighted by molar-refractivity contribution is -0.137. The van der Waals surface area contributed by atoms with E-state index in [1.165, 1.54) is 6.07 Å². The first kappa shape index (κ1) is 18.3. The van der Waals surface area contributed by atoms with Gasteiger partial charge >= 0.3 is 6.18 Å². The van der Waals surface area contributed by atoms with E-state index >= 15 is 0 Å². The van der Waals surface area contributed by atoms with Gasteiger partial charge in [-0.2, -0.15) is 13.2 Å². The van der Waals surface area contributed by atoms with Crippen LogP contribution in [0.3, 0.4) is 0 Å². The van der Waals surface area contributed by atoms with Crippen molar-refractivity contribution in [2.75, 3.05) is 0 Å². The summed E-state index contributed by atoms with van der Waals surface area (Å²) in [6.07, 6.45) is -4.11. The number of benzene rings is 2. The molecule has 0 bridgehead atoms.